The molecule has 0 atom stereocenters. The van der Waals surface area contributed by atoms with E-state index in [9.17, 15) is 39.0 Å². The number of aromatic carboxylic acids is 2. The third kappa shape index (κ3) is 26.8. The van der Waals surface area contributed by atoms with Gasteiger partial charge in [-0.15, -0.1) is 0 Å². The molecule has 0 saturated heterocycles. The molecule has 8 N–H and O–H groups in total. The van der Waals surface area contributed by atoms with Crippen molar-refractivity contribution in [2.75, 3.05) is 26.4 Å². The molecule has 0 amide bonds. The molecule has 0 unspecified atom stereocenters. The minimum atomic E-state index is -1.14. The number of hydrogen-bond acceptors (Lipinski definition) is 12. The lowest BCUT2D eigenvalue weighted by Crippen LogP contribution is -2.07. The van der Waals surface area contributed by atoms with Crippen LogP contribution in [-0.4, -0.2) is 113 Å². The van der Waals surface area contributed by atoms with Crippen molar-refractivity contribution < 1.29 is 78.4 Å². The fraction of sp³-hybridized carbons (Fsp3) is 0.513. The Balaban J connectivity index is 1.25. The highest BCUT2D eigenvalue weighted by Gasteiger charge is 2.26. The predicted octanol–water partition coefficient (Wildman–Crippen LogP) is 19.3. The van der Waals surface area contributed by atoms with E-state index < -0.39 is 35.8 Å². The Labute approximate surface area is 575 Å². The van der Waals surface area contributed by atoms with Crippen molar-refractivity contribution in [1.82, 2.24) is 19.9 Å². The highest BCUT2D eigenvalue weighted by molar-refractivity contribution is 6.00. The van der Waals surface area contributed by atoms with Crippen molar-refractivity contribution in [1.29, 1.82) is 0 Å². The van der Waals surface area contributed by atoms with Gasteiger partial charge in [-0.05, 0) is 136 Å². The van der Waals surface area contributed by atoms with Gasteiger partial charge in [-0.3, -0.25) is 19.2 Å². The number of fused-ring (bicyclic) bond motifs is 8. The maximum Gasteiger partial charge on any atom is 0.335 e. The van der Waals surface area contributed by atoms with Crippen LogP contribution >= 0.6 is 0 Å². The van der Waals surface area contributed by atoms with Crippen molar-refractivity contribution in [3.8, 4) is 45.3 Å². The lowest BCUT2D eigenvalue weighted by Gasteiger charge is -2.19. The summed E-state index contributed by atoms with van der Waals surface area (Å²) in [4.78, 5) is 87.6. The summed E-state index contributed by atoms with van der Waals surface area (Å²) in [7, 11) is 0. The summed E-state index contributed by atoms with van der Waals surface area (Å²) >= 11 is 0. The number of nitrogens with zero attached hydrogens (tertiary/aromatic N) is 2. The van der Waals surface area contributed by atoms with Crippen LogP contribution in [0.25, 0.3) is 68.6 Å². The second-order valence-corrected chi connectivity index (χ2v) is 25.8. The summed E-state index contributed by atoms with van der Waals surface area (Å²) in [6.07, 6.45) is 36.9. The molecule has 3 aromatic heterocycles. The average Bonchev–Trinajstić information content (AvgIpc) is 1.42. The lowest BCUT2D eigenvalue weighted by atomic mass is 9.99. The molecule has 20 nitrogen and oxygen atoms in total. The van der Waals surface area contributed by atoms with Crippen LogP contribution in [0, 0.1) is 0 Å². The second kappa shape index (κ2) is 42.7. The van der Waals surface area contributed by atoms with Gasteiger partial charge in [0.15, 0.2) is 0 Å². The summed E-state index contributed by atoms with van der Waals surface area (Å²) in [6.45, 7) is 1.23. The standard InChI is InChI=1S/C78H102N4O16/c83-69(84)33-25-17-9-1-5-13-21-29-45-95-65-49-55(77(91)92)50-66(96-46-30-22-14-6-2-10-18-26-34-70(85)86)75(65)73-61-41-37-57(79-61)53-59-39-43-63(81-59)74(64-44-40-60(82-64)54-58-38-42-62(73)80-58)76-67(97-47-31-23-15-7-3-11-19-27-35-71(87)88)51-56(78(93)94)52-68(76)98-48-32-24-16-8-4-12-20-28-36-72(89)90/h37-44,49-54,79,82H,1-36,45-48H2,(H,83,84)(H,85,86)(H,87,88)(H,89,90)(H,91,92)(H,93,94). The minimum absolute atomic E-state index is 0.00677. The quantitative estimate of drug-likeness (QED) is 0.0164. The van der Waals surface area contributed by atoms with E-state index in [0.717, 1.165) is 154 Å². The number of nitrogens with one attached hydrogen (secondary N) is 2. The molecule has 0 spiro atoms. The van der Waals surface area contributed by atoms with Gasteiger partial charge in [0.25, 0.3) is 0 Å². The van der Waals surface area contributed by atoms with E-state index in [0.29, 0.717) is 168 Å². The zero-order chi connectivity index (χ0) is 69.7. The first-order valence-corrected chi connectivity index (χ1v) is 36.0. The van der Waals surface area contributed by atoms with Crippen molar-refractivity contribution >= 4 is 82.2 Å². The summed E-state index contributed by atoms with van der Waals surface area (Å²) in [6, 6.07) is 17.9. The van der Waals surface area contributed by atoms with Gasteiger partial charge in [0.1, 0.15) is 23.0 Å². The van der Waals surface area contributed by atoms with Gasteiger partial charge >= 0.3 is 35.8 Å². The largest absolute Gasteiger partial charge is 0.493 e. The Hall–Kier alpha value is -8.94. The Morgan fingerprint density at radius 1 is 0.296 bits per heavy atom. The van der Waals surface area contributed by atoms with Gasteiger partial charge in [-0.25, -0.2) is 19.6 Å². The van der Waals surface area contributed by atoms with Crippen LogP contribution < -0.4 is 18.9 Å². The molecule has 2 aliphatic heterocycles. The van der Waals surface area contributed by atoms with Crippen molar-refractivity contribution in [2.24, 2.45) is 0 Å². The highest BCUT2D eigenvalue weighted by atomic mass is 16.5. The molecule has 0 radical (unpaired) electrons. The van der Waals surface area contributed by atoms with Crippen molar-refractivity contribution in [2.45, 2.75) is 231 Å². The van der Waals surface area contributed by atoms with Gasteiger partial charge < -0.3 is 59.6 Å². The first-order chi connectivity index (χ1) is 47.6. The second-order valence-electron chi connectivity index (χ2n) is 25.8. The highest BCUT2D eigenvalue weighted by Crippen LogP contribution is 2.46. The van der Waals surface area contributed by atoms with Gasteiger partial charge in [0.2, 0.25) is 0 Å². The first-order valence-electron chi connectivity index (χ1n) is 36.0. The molecule has 530 valence electrons. The van der Waals surface area contributed by atoms with Crippen LogP contribution in [-0.2, 0) is 19.2 Å². The molecule has 98 heavy (non-hydrogen) atoms. The molecule has 2 aliphatic rings. The molecule has 0 fully saturated rings. The SMILES string of the molecule is O=C(O)CCCCCCCCCCOc1cc(C(=O)O)cc(OCCCCCCCCCCC(=O)O)c1-c1c2nc(cc3ccc([nH]3)c(-c3c(OCCCCCCCCCCC(=O)O)cc(C(=O)O)cc3OCCCCCCCCCCC(=O)O)c3nc(cc4ccc1[nH]4)C=C3)C=C2. The van der Waals surface area contributed by atoms with E-state index in [4.69, 9.17) is 49.3 Å². The summed E-state index contributed by atoms with van der Waals surface area (Å²) in [5, 5.41) is 57.2. The number of aromatic amines is 2. The Bertz CT molecular complexity index is 3290. The van der Waals surface area contributed by atoms with E-state index in [1.54, 1.807) is 24.3 Å². The van der Waals surface area contributed by atoms with Crippen molar-refractivity contribution in [3.05, 3.63) is 94.6 Å². The Kier molecular flexibility index (Phi) is 33.3. The third-order valence-electron chi connectivity index (χ3n) is 17.7. The van der Waals surface area contributed by atoms with Gasteiger partial charge in [-0.1, -0.05) is 154 Å². The van der Waals surface area contributed by atoms with E-state index in [1.807, 2.05) is 60.7 Å². The van der Waals surface area contributed by atoms with Crippen LogP contribution in [0.2, 0.25) is 0 Å². The number of ether oxygens (including phenoxy) is 4. The molecule has 8 bridgehead atoms. The van der Waals surface area contributed by atoms with Crippen molar-refractivity contribution in [3.63, 3.8) is 0 Å². The van der Waals surface area contributed by atoms with Gasteiger partial charge in [-0.2, -0.15) is 0 Å². The molecule has 0 aliphatic carbocycles. The van der Waals surface area contributed by atoms with Crippen LogP contribution in [0.4, 0.5) is 0 Å². The maximum atomic E-state index is 13.0. The third-order valence-corrected chi connectivity index (χ3v) is 17.7. The fourth-order valence-corrected chi connectivity index (χ4v) is 12.5. The van der Waals surface area contributed by atoms with Gasteiger partial charge in [0.05, 0.1) is 71.5 Å². The number of aromatic nitrogens is 4. The number of carboxylic acid groups (broad SMARTS) is 6. The average molecular weight is 1350 g/mol. The van der Waals surface area contributed by atoms with Gasteiger partial charge in [0, 0.05) is 58.9 Å². The molecule has 7 rings (SSSR count). The fourth-order valence-electron chi connectivity index (χ4n) is 12.5. The normalized spacial score (nSPS) is 11.7. The summed E-state index contributed by atoms with van der Waals surface area (Å²) in [5.74, 6) is -4.03. The first kappa shape index (κ1) is 76.4. The number of carbonyl (C=O) groups is 6. The predicted molar refractivity (Wildman–Crippen MR) is 382 cm³/mol. The molecular weight excluding hydrogens is 1250 g/mol. The molecule has 5 heterocycles. The molecule has 0 saturated carbocycles. The smallest absolute Gasteiger partial charge is 0.335 e. The summed E-state index contributed by atoms with van der Waals surface area (Å²) in [5.41, 5.74) is 7.41. The molecule has 5 aromatic rings. The van der Waals surface area contributed by atoms with Crippen LogP contribution in [0.1, 0.15) is 275 Å². The zero-order valence-electron chi connectivity index (χ0n) is 57.0. The van der Waals surface area contributed by atoms with Crippen LogP contribution in [0.15, 0.2) is 60.7 Å². The molecule has 2 aromatic carbocycles. The van der Waals surface area contributed by atoms with Crippen LogP contribution in [0.5, 0.6) is 23.0 Å². The summed E-state index contributed by atoms with van der Waals surface area (Å²) < 4.78 is 26.8. The number of carboxylic acids is 6. The lowest BCUT2D eigenvalue weighted by molar-refractivity contribution is -0.138. The van der Waals surface area contributed by atoms with E-state index in [1.165, 1.54) is 0 Å². The number of unbranched alkanes of at least 4 members (excludes halogenated alkanes) is 28. The van der Waals surface area contributed by atoms with Crippen LogP contribution in [0.3, 0.4) is 0 Å². The molecular formula is C78H102N4O16. The number of hydrogen-bond donors (Lipinski definition) is 8. The Morgan fingerprint density at radius 2 is 0.541 bits per heavy atom. The number of aliphatic carboxylic acids is 4. The molecule has 20 heteroatoms. The topological polar surface area (TPSA) is 318 Å². The maximum absolute atomic E-state index is 13.0. The Morgan fingerprint density at radius 3 is 0.786 bits per heavy atom. The van der Waals surface area contributed by atoms with E-state index in [2.05, 4.69) is 9.97 Å². The number of rotatable bonds is 52. The minimum Gasteiger partial charge on any atom is -0.493 e. The zero-order valence-corrected chi connectivity index (χ0v) is 57.0. The van der Waals surface area contributed by atoms with E-state index in [-0.39, 0.29) is 36.8 Å². The number of benzene rings is 2. The monoisotopic (exact) mass is 1350 g/mol. The number of H-pyrrole nitrogens is 2. The van der Waals surface area contributed by atoms with E-state index >= 15 is 0 Å².